The molecule has 0 heterocycles. The van der Waals surface area contributed by atoms with E-state index in [4.69, 9.17) is 0 Å². The Hall–Kier alpha value is -1.63. The first-order chi connectivity index (χ1) is 9.08. The molecule has 1 aromatic carbocycles. The van der Waals surface area contributed by atoms with Gasteiger partial charge in [0.2, 0.25) is 0 Å². The first kappa shape index (κ1) is 17.4. The van der Waals surface area contributed by atoms with E-state index in [9.17, 15) is 4.39 Å². The predicted molar refractivity (Wildman–Crippen MR) is 83.8 cm³/mol. The van der Waals surface area contributed by atoms with Crippen LogP contribution in [0.4, 0.5) is 4.39 Å². The maximum atomic E-state index is 12.1. The Bertz CT molecular complexity index is 392. The van der Waals surface area contributed by atoms with Crippen LogP contribution >= 0.6 is 0 Å². The first-order valence-corrected chi connectivity index (χ1v) is 6.81. The summed E-state index contributed by atoms with van der Waals surface area (Å²) in [6.07, 6.45) is 9.85. The van der Waals surface area contributed by atoms with Gasteiger partial charge in [-0.05, 0) is 39.3 Å². The number of halogens is 1. The van der Waals surface area contributed by atoms with Gasteiger partial charge >= 0.3 is 0 Å². The SMILES string of the molecule is CC.CC1=CCC=C(C)C=C1.Cc1ccc(F)cc1. The molecule has 1 aliphatic carbocycles. The second kappa shape index (κ2) is 10.3. The van der Waals surface area contributed by atoms with Crippen molar-refractivity contribution in [2.45, 2.75) is 41.0 Å². The van der Waals surface area contributed by atoms with Crippen molar-refractivity contribution in [2.75, 3.05) is 0 Å². The Kier molecular flexibility index (Phi) is 9.42. The fourth-order valence-corrected chi connectivity index (χ4v) is 1.36. The lowest BCUT2D eigenvalue weighted by Gasteiger charge is -1.87. The largest absolute Gasteiger partial charge is 0.207 e. The molecular formula is C18H25F. The fourth-order valence-electron chi connectivity index (χ4n) is 1.36. The zero-order chi connectivity index (χ0) is 14.7. The molecule has 0 fully saturated rings. The molecule has 0 spiro atoms. The molecule has 0 amide bonds. The van der Waals surface area contributed by atoms with Gasteiger partial charge in [-0.2, -0.15) is 0 Å². The first-order valence-electron chi connectivity index (χ1n) is 6.81. The van der Waals surface area contributed by atoms with E-state index in [-0.39, 0.29) is 5.82 Å². The molecule has 0 saturated carbocycles. The van der Waals surface area contributed by atoms with E-state index in [1.54, 1.807) is 12.1 Å². The van der Waals surface area contributed by atoms with Gasteiger partial charge in [-0.15, -0.1) is 0 Å². The van der Waals surface area contributed by atoms with Crippen LogP contribution < -0.4 is 0 Å². The van der Waals surface area contributed by atoms with Crippen LogP contribution in [0.3, 0.4) is 0 Å². The maximum Gasteiger partial charge on any atom is 0.123 e. The summed E-state index contributed by atoms with van der Waals surface area (Å²) in [5, 5.41) is 0. The van der Waals surface area contributed by atoms with Gasteiger partial charge in [-0.3, -0.25) is 0 Å². The molecule has 0 aromatic heterocycles. The molecule has 1 aromatic rings. The van der Waals surface area contributed by atoms with Gasteiger partial charge in [0, 0.05) is 0 Å². The normalized spacial score (nSPS) is 12.9. The molecule has 0 unspecified atom stereocenters. The summed E-state index contributed by atoms with van der Waals surface area (Å²) in [7, 11) is 0. The van der Waals surface area contributed by atoms with Crippen molar-refractivity contribution in [1.82, 2.24) is 0 Å². The quantitative estimate of drug-likeness (QED) is 0.536. The van der Waals surface area contributed by atoms with Crippen molar-refractivity contribution >= 4 is 0 Å². The smallest absolute Gasteiger partial charge is 0.123 e. The van der Waals surface area contributed by atoms with Crippen LogP contribution in [0.15, 0.2) is 59.7 Å². The number of rotatable bonds is 0. The molecule has 0 aliphatic heterocycles. The Morgan fingerprint density at radius 1 is 0.789 bits per heavy atom. The van der Waals surface area contributed by atoms with Crippen molar-refractivity contribution < 1.29 is 4.39 Å². The number of benzene rings is 1. The van der Waals surface area contributed by atoms with Gasteiger partial charge < -0.3 is 0 Å². The Labute approximate surface area is 117 Å². The van der Waals surface area contributed by atoms with Crippen molar-refractivity contribution in [3.05, 3.63) is 71.1 Å². The van der Waals surface area contributed by atoms with Gasteiger partial charge in [-0.25, -0.2) is 4.39 Å². The fraction of sp³-hybridized carbons (Fsp3) is 0.333. The second-order valence-electron chi connectivity index (χ2n) is 4.26. The van der Waals surface area contributed by atoms with Crippen LogP contribution in [-0.4, -0.2) is 0 Å². The summed E-state index contributed by atoms with van der Waals surface area (Å²) < 4.78 is 12.1. The maximum absolute atomic E-state index is 12.1. The minimum atomic E-state index is -0.171. The molecular weight excluding hydrogens is 235 g/mol. The molecule has 1 heteroatoms. The lowest BCUT2D eigenvalue weighted by molar-refractivity contribution is 0.627. The molecule has 0 radical (unpaired) electrons. The van der Waals surface area contributed by atoms with E-state index in [1.165, 1.54) is 23.3 Å². The van der Waals surface area contributed by atoms with E-state index in [0.29, 0.717) is 0 Å². The highest BCUT2D eigenvalue weighted by molar-refractivity contribution is 5.29. The minimum absolute atomic E-state index is 0.171. The van der Waals surface area contributed by atoms with Gasteiger partial charge in [0.05, 0.1) is 0 Å². The summed E-state index contributed by atoms with van der Waals surface area (Å²) in [5.74, 6) is -0.171. The summed E-state index contributed by atoms with van der Waals surface area (Å²) >= 11 is 0. The molecule has 1 aliphatic rings. The molecule has 2 rings (SSSR count). The van der Waals surface area contributed by atoms with Crippen molar-refractivity contribution in [3.8, 4) is 0 Å². The zero-order valence-electron chi connectivity index (χ0n) is 12.7. The van der Waals surface area contributed by atoms with Gasteiger partial charge in [0.1, 0.15) is 5.82 Å². The third kappa shape index (κ3) is 9.01. The Morgan fingerprint density at radius 2 is 1.21 bits per heavy atom. The van der Waals surface area contributed by atoms with Crippen LogP contribution in [0, 0.1) is 12.7 Å². The average molecular weight is 260 g/mol. The van der Waals surface area contributed by atoms with E-state index < -0.39 is 0 Å². The number of hydrogen-bond donors (Lipinski definition) is 0. The molecule has 104 valence electrons. The van der Waals surface area contributed by atoms with Crippen molar-refractivity contribution in [1.29, 1.82) is 0 Å². The lowest BCUT2D eigenvalue weighted by Crippen LogP contribution is -1.71. The number of allylic oxidation sites excluding steroid dienone is 6. The van der Waals surface area contributed by atoms with Crippen molar-refractivity contribution in [2.24, 2.45) is 0 Å². The molecule has 0 N–H and O–H groups in total. The average Bonchev–Trinajstić information content (AvgIpc) is 2.61. The third-order valence-electron chi connectivity index (χ3n) is 2.50. The number of aryl methyl sites for hydroxylation is 1. The second-order valence-corrected chi connectivity index (χ2v) is 4.26. The topological polar surface area (TPSA) is 0 Å². The minimum Gasteiger partial charge on any atom is -0.207 e. The van der Waals surface area contributed by atoms with Gasteiger partial charge in [0.25, 0.3) is 0 Å². The standard InChI is InChI=1S/C9H12.C7H7F.C2H6/c1-8-4-3-5-9(2)7-6-8;1-6-2-4-7(8)5-3-6;1-2/h4-7H,3H2,1-2H3;2-5H,1H3;1-2H3. The summed E-state index contributed by atoms with van der Waals surface area (Å²) in [6.45, 7) is 10.2. The number of hydrogen-bond acceptors (Lipinski definition) is 0. The summed E-state index contributed by atoms with van der Waals surface area (Å²) in [5.41, 5.74) is 3.82. The van der Waals surface area contributed by atoms with Crippen LogP contribution in [0.2, 0.25) is 0 Å². The Morgan fingerprint density at radius 3 is 1.58 bits per heavy atom. The molecule has 19 heavy (non-hydrogen) atoms. The molecule has 0 saturated heterocycles. The third-order valence-corrected chi connectivity index (χ3v) is 2.50. The van der Waals surface area contributed by atoms with Crippen LogP contribution in [0.1, 0.15) is 39.7 Å². The van der Waals surface area contributed by atoms with Crippen LogP contribution in [-0.2, 0) is 0 Å². The highest BCUT2D eigenvalue weighted by Gasteiger charge is 1.87. The monoisotopic (exact) mass is 260 g/mol. The van der Waals surface area contributed by atoms with E-state index in [0.717, 1.165) is 12.0 Å². The lowest BCUT2D eigenvalue weighted by atomic mass is 10.2. The zero-order valence-corrected chi connectivity index (χ0v) is 12.7. The van der Waals surface area contributed by atoms with Gasteiger partial charge in [0.15, 0.2) is 0 Å². The summed E-state index contributed by atoms with van der Waals surface area (Å²) in [4.78, 5) is 0. The predicted octanol–water partition coefficient (Wildman–Crippen LogP) is 6.00. The van der Waals surface area contributed by atoms with Gasteiger partial charge in [-0.1, -0.05) is 67.0 Å². The highest BCUT2D eigenvalue weighted by Crippen LogP contribution is 2.08. The summed E-state index contributed by atoms with van der Waals surface area (Å²) in [6, 6.07) is 6.40. The Balaban J connectivity index is 0.000000303. The van der Waals surface area contributed by atoms with E-state index >= 15 is 0 Å². The molecule has 0 atom stereocenters. The van der Waals surface area contributed by atoms with E-state index in [2.05, 4.69) is 38.2 Å². The van der Waals surface area contributed by atoms with Crippen LogP contribution in [0.25, 0.3) is 0 Å². The molecule has 0 bridgehead atoms. The van der Waals surface area contributed by atoms with E-state index in [1.807, 2.05) is 20.8 Å². The van der Waals surface area contributed by atoms with Crippen molar-refractivity contribution in [3.63, 3.8) is 0 Å². The highest BCUT2D eigenvalue weighted by atomic mass is 19.1. The van der Waals surface area contributed by atoms with Crippen LogP contribution in [0.5, 0.6) is 0 Å². The molecule has 0 nitrogen and oxygen atoms in total.